The first-order valence-electron chi connectivity index (χ1n) is 4.96. The van der Waals surface area contributed by atoms with Crippen LogP contribution in [0.1, 0.15) is 13.8 Å². The van der Waals surface area contributed by atoms with Gasteiger partial charge in [0.05, 0.1) is 0 Å². The van der Waals surface area contributed by atoms with Gasteiger partial charge in [0.1, 0.15) is 18.6 Å². The lowest BCUT2D eigenvalue weighted by atomic mass is 10.2. The van der Waals surface area contributed by atoms with E-state index >= 15 is 0 Å². The first-order chi connectivity index (χ1) is 7.82. The molecule has 8 nitrogen and oxygen atoms in total. The van der Waals surface area contributed by atoms with Crippen molar-refractivity contribution in [2.24, 2.45) is 0 Å². The van der Waals surface area contributed by atoms with Crippen LogP contribution in [0.3, 0.4) is 0 Å². The van der Waals surface area contributed by atoms with Crippen LogP contribution in [0, 0.1) is 0 Å². The maximum atomic E-state index is 11.6. The van der Waals surface area contributed by atoms with Crippen LogP contribution in [0.15, 0.2) is 0 Å². The molecule has 0 aromatic rings. The molecule has 8 heteroatoms. The molecule has 1 rings (SSSR count). The normalized spacial score (nSPS) is 21.8. The molecule has 2 atom stereocenters. The predicted molar refractivity (Wildman–Crippen MR) is 54.9 cm³/mol. The largest absolute Gasteiger partial charge is 0.480 e. The minimum atomic E-state index is -1.20. The molecule has 0 saturated carbocycles. The summed E-state index contributed by atoms with van der Waals surface area (Å²) >= 11 is 0. The molecule has 1 aliphatic rings. The van der Waals surface area contributed by atoms with Gasteiger partial charge >= 0.3 is 12.0 Å². The molecule has 0 bridgehead atoms. The summed E-state index contributed by atoms with van der Waals surface area (Å²) in [5.74, 6) is -2.37. The fourth-order valence-corrected chi connectivity index (χ4v) is 1.29. The Morgan fingerprint density at radius 1 is 1.53 bits per heavy atom. The molecule has 0 aliphatic carbocycles. The number of imide groups is 1. The molecule has 3 N–H and O–H groups in total. The van der Waals surface area contributed by atoms with Crippen molar-refractivity contribution in [3.8, 4) is 0 Å². The van der Waals surface area contributed by atoms with Crippen LogP contribution in [0.2, 0.25) is 0 Å². The van der Waals surface area contributed by atoms with E-state index in [0.717, 1.165) is 4.90 Å². The molecule has 1 fully saturated rings. The molecule has 0 radical (unpaired) electrons. The number of hydrogen-bond acceptors (Lipinski definition) is 4. The van der Waals surface area contributed by atoms with E-state index in [1.54, 1.807) is 0 Å². The maximum absolute atomic E-state index is 11.6. The molecule has 0 aromatic heterocycles. The smallest absolute Gasteiger partial charge is 0.325 e. The number of rotatable bonds is 2. The monoisotopic (exact) mass is 243 g/mol. The van der Waals surface area contributed by atoms with Crippen molar-refractivity contribution >= 4 is 23.8 Å². The van der Waals surface area contributed by atoms with Crippen molar-refractivity contribution in [1.82, 2.24) is 15.5 Å². The Balaban J connectivity index is 2.70. The summed E-state index contributed by atoms with van der Waals surface area (Å²) in [5, 5.41) is 12.9. The van der Waals surface area contributed by atoms with Gasteiger partial charge in [-0.25, -0.2) is 4.79 Å². The number of amides is 4. The number of nitrogens with zero attached hydrogens (tertiary/aromatic N) is 1. The molecule has 4 amide bonds. The van der Waals surface area contributed by atoms with Gasteiger partial charge in [0, 0.05) is 0 Å². The number of carboxylic acids is 1. The van der Waals surface area contributed by atoms with Gasteiger partial charge in [-0.15, -0.1) is 0 Å². The minimum absolute atomic E-state index is 0.273. The average molecular weight is 243 g/mol. The van der Waals surface area contributed by atoms with E-state index in [-0.39, 0.29) is 6.54 Å². The van der Waals surface area contributed by atoms with Gasteiger partial charge in [0.25, 0.3) is 0 Å². The van der Waals surface area contributed by atoms with Crippen molar-refractivity contribution in [2.75, 3.05) is 6.54 Å². The van der Waals surface area contributed by atoms with E-state index in [2.05, 4.69) is 10.6 Å². The van der Waals surface area contributed by atoms with Crippen molar-refractivity contribution in [3.05, 3.63) is 0 Å². The van der Waals surface area contributed by atoms with Crippen molar-refractivity contribution < 1.29 is 24.3 Å². The summed E-state index contributed by atoms with van der Waals surface area (Å²) in [6.07, 6.45) is 0. The SMILES string of the molecule is CC1C(=O)NC(=O)CN1C(=O)N[C@H](C)C(=O)O. The standard InChI is InChI=1S/C9H13N3O5/c1-4(8(15)16)10-9(17)12-3-6(13)11-7(14)5(12)2/h4-5H,3H2,1-2H3,(H,10,17)(H,15,16)(H,11,13,14)/t4-,5?/m1/s1. The average Bonchev–Trinajstić information content (AvgIpc) is 2.22. The van der Waals surface area contributed by atoms with Gasteiger partial charge in [-0.05, 0) is 13.8 Å². The highest BCUT2D eigenvalue weighted by molar-refractivity contribution is 6.04. The number of urea groups is 1. The zero-order valence-corrected chi connectivity index (χ0v) is 9.39. The summed E-state index contributed by atoms with van der Waals surface area (Å²) in [6.45, 7) is 2.47. The highest BCUT2D eigenvalue weighted by Crippen LogP contribution is 2.05. The van der Waals surface area contributed by atoms with E-state index in [0.29, 0.717) is 0 Å². The Morgan fingerprint density at radius 3 is 2.65 bits per heavy atom. The molecule has 0 spiro atoms. The van der Waals surface area contributed by atoms with E-state index in [9.17, 15) is 19.2 Å². The lowest BCUT2D eigenvalue weighted by Gasteiger charge is -2.32. The number of hydrogen-bond donors (Lipinski definition) is 3. The minimum Gasteiger partial charge on any atom is -0.480 e. The van der Waals surface area contributed by atoms with Crippen LogP contribution in [0.25, 0.3) is 0 Å². The molecule has 94 valence electrons. The van der Waals surface area contributed by atoms with E-state index in [1.807, 2.05) is 0 Å². The first-order valence-corrected chi connectivity index (χ1v) is 4.96. The van der Waals surface area contributed by atoms with Gasteiger partial charge in [-0.3, -0.25) is 19.7 Å². The predicted octanol–water partition coefficient (Wildman–Crippen LogP) is -1.48. The number of carboxylic acid groups (broad SMARTS) is 1. The van der Waals surface area contributed by atoms with Gasteiger partial charge in [-0.2, -0.15) is 0 Å². The fourth-order valence-electron chi connectivity index (χ4n) is 1.29. The van der Waals surface area contributed by atoms with Crippen LogP contribution in [0.5, 0.6) is 0 Å². The zero-order valence-electron chi connectivity index (χ0n) is 9.39. The van der Waals surface area contributed by atoms with E-state index in [1.165, 1.54) is 13.8 Å². The fraction of sp³-hybridized carbons (Fsp3) is 0.556. The molecule has 1 saturated heterocycles. The number of nitrogens with one attached hydrogen (secondary N) is 2. The van der Waals surface area contributed by atoms with Gasteiger partial charge in [0.2, 0.25) is 11.8 Å². The lowest BCUT2D eigenvalue weighted by Crippen LogP contribution is -2.61. The van der Waals surface area contributed by atoms with Crippen LogP contribution in [-0.4, -0.2) is 52.4 Å². The number of carbonyl (C=O) groups excluding carboxylic acids is 3. The molecule has 17 heavy (non-hydrogen) atoms. The molecular formula is C9H13N3O5. The highest BCUT2D eigenvalue weighted by atomic mass is 16.4. The van der Waals surface area contributed by atoms with Gasteiger partial charge < -0.3 is 15.3 Å². The summed E-state index contributed by atoms with van der Waals surface area (Å²) < 4.78 is 0. The van der Waals surface area contributed by atoms with Crippen LogP contribution in [0.4, 0.5) is 4.79 Å². The quantitative estimate of drug-likeness (QED) is 0.511. The summed E-state index contributed by atoms with van der Waals surface area (Å²) in [7, 11) is 0. The molecule has 1 aliphatic heterocycles. The number of aliphatic carboxylic acids is 1. The first kappa shape index (κ1) is 12.9. The summed E-state index contributed by atoms with van der Waals surface area (Å²) in [6, 6.07) is -2.65. The number of piperazine rings is 1. The molecule has 1 unspecified atom stereocenters. The lowest BCUT2D eigenvalue weighted by molar-refractivity contribution is -0.138. The van der Waals surface area contributed by atoms with Crippen molar-refractivity contribution in [3.63, 3.8) is 0 Å². The van der Waals surface area contributed by atoms with Gasteiger partial charge in [-0.1, -0.05) is 0 Å². The third kappa shape index (κ3) is 2.92. The van der Waals surface area contributed by atoms with Crippen LogP contribution < -0.4 is 10.6 Å². The Kier molecular flexibility index (Phi) is 3.66. The molecule has 0 aromatic carbocycles. The Bertz CT molecular complexity index is 381. The maximum Gasteiger partial charge on any atom is 0.325 e. The Labute approximate surface area is 97.0 Å². The highest BCUT2D eigenvalue weighted by Gasteiger charge is 2.34. The third-order valence-corrected chi connectivity index (χ3v) is 2.39. The Hall–Kier alpha value is -2.12. The number of carbonyl (C=O) groups is 4. The zero-order chi connectivity index (χ0) is 13.2. The topological polar surface area (TPSA) is 116 Å². The van der Waals surface area contributed by atoms with E-state index in [4.69, 9.17) is 5.11 Å². The second kappa shape index (κ2) is 4.81. The summed E-state index contributed by atoms with van der Waals surface area (Å²) in [5.41, 5.74) is 0. The molecule has 1 heterocycles. The van der Waals surface area contributed by atoms with Crippen molar-refractivity contribution in [2.45, 2.75) is 25.9 Å². The van der Waals surface area contributed by atoms with Crippen molar-refractivity contribution in [1.29, 1.82) is 0 Å². The van der Waals surface area contributed by atoms with Gasteiger partial charge in [0.15, 0.2) is 0 Å². The third-order valence-electron chi connectivity index (χ3n) is 2.39. The Morgan fingerprint density at radius 2 is 2.12 bits per heavy atom. The second-order valence-corrected chi connectivity index (χ2v) is 3.73. The summed E-state index contributed by atoms with van der Waals surface area (Å²) in [4.78, 5) is 45.5. The van der Waals surface area contributed by atoms with Crippen LogP contribution in [-0.2, 0) is 14.4 Å². The van der Waals surface area contributed by atoms with Crippen LogP contribution >= 0.6 is 0 Å². The second-order valence-electron chi connectivity index (χ2n) is 3.73. The van der Waals surface area contributed by atoms with E-state index < -0.39 is 35.9 Å². The molecular weight excluding hydrogens is 230 g/mol.